The van der Waals surface area contributed by atoms with Crippen molar-refractivity contribution in [2.45, 2.75) is 6.61 Å². The van der Waals surface area contributed by atoms with Crippen molar-refractivity contribution in [3.05, 3.63) is 65.3 Å². The summed E-state index contributed by atoms with van der Waals surface area (Å²) in [4.78, 5) is 4.18. The molecule has 0 radical (unpaired) electrons. The molecule has 4 heteroatoms. The fourth-order valence-electron chi connectivity index (χ4n) is 2.05. The third kappa shape index (κ3) is 2.53. The lowest BCUT2D eigenvalue weighted by Crippen LogP contribution is -1.96. The third-order valence-electron chi connectivity index (χ3n) is 2.98. The summed E-state index contributed by atoms with van der Waals surface area (Å²) >= 11 is 5.99. The Morgan fingerprint density at radius 3 is 2.65 bits per heavy atom. The standard InChI is InChI=1S/C16H12ClNO2/c17-15-9-14(20-10-11-5-2-1-3-6-11)16-12(18-15)7-4-8-13(16)19/h1-9,19H,10H2. The summed E-state index contributed by atoms with van der Waals surface area (Å²) in [6.45, 7) is 0.407. The molecule has 0 aliphatic rings. The number of fused-ring (bicyclic) bond motifs is 1. The van der Waals surface area contributed by atoms with E-state index in [2.05, 4.69) is 4.98 Å². The fourth-order valence-corrected chi connectivity index (χ4v) is 2.24. The SMILES string of the molecule is Oc1cccc2nc(Cl)cc(OCc3ccccc3)c12. The van der Waals surface area contributed by atoms with Crippen molar-refractivity contribution in [2.24, 2.45) is 0 Å². The van der Waals surface area contributed by atoms with Gasteiger partial charge in [0.05, 0.1) is 10.9 Å². The van der Waals surface area contributed by atoms with Gasteiger partial charge in [0.15, 0.2) is 0 Å². The van der Waals surface area contributed by atoms with E-state index in [1.54, 1.807) is 24.3 Å². The Morgan fingerprint density at radius 2 is 1.85 bits per heavy atom. The van der Waals surface area contributed by atoms with Gasteiger partial charge in [-0.3, -0.25) is 0 Å². The Bertz CT molecular complexity index is 744. The van der Waals surface area contributed by atoms with Gasteiger partial charge in [-0.05, 0) is 17.7 Å². The van der Waals surface area contributed by atoms with E-state index in [-0.39, 0.29) is 5.75 Å². The maximum absolute atomic E-state index is 9.98. The fraction of sp³-hybridized carbons (Fsp3) is 0.0625. The number of hydrogen-bond acceptors (Lipinski definition) is 3. The number of ether oxygens (including phenoxy) is 1. The zero-order valence-corrected chi connectivity index (χ0v) is 11.3. The van der Waals surface area contributed by atoms with Crippen LogP contribution in [0.25, 0.3) is 10.9 Å². The molecule has 0 saturated carbocycles. The quantitative estimate of drug-likeness (QED) is 0.734. The van der Waals surface area contributed by atoms with Crippen LogP contribution in [0.3, 0.4) is 0 Å². The van der Waals surface area contributed by atoms with Crippen LogP contribution < -0.4 is 4.74 Å². The van der Waals surface area contributed by atoms with Crippen molar-refractivity contribution < 1.29 is 9.84 Å². The number of phenols is 1. The van der Waals surface area contributed by atoms with E-state index in [9.17, 15) is 5.11 Å². The van der Waals surface area contributed by atoms with Crippen LogP contribution >= 0.6 is 11.6 Å². The summed E-state index contributed by atoms with van der Waals surface area (Å²) in [7, 11) is 0. The smallest absolute Gasteiger partial charge is 0.136 e. The third-order valence-corrected chi connectivity index (χ3v) is 3.18. The minimum absolute atomic E-state index is 0.134. The number of hydrogen-bond donors (Lipinski definition) is 1. The minimum Gasteiger partial charge on any atom is -0.507 e. The van der Waals surface area contributed by atoms with Gasteiger partial charge in [-0.25, -0.2) is 4.98 Å². The first kappa shape index (κ1) is 12.8. The zero-order valence-electron chi connectivity index (χ0n) is 10.6. The molecule has 0 fully saturated rings. The van der Waals surface area contributed by atoms with Crippen molar-refractivity contribution in [1.29, 1.82) is 0 Å². The number of rotatable bonds is 3. The van der Waals surface area contributed by atoms with E-state index in [1.165, 1.54) is 0 Å². The van der Waals surface area contributed by atoms with Gasteiger partial charge >= 0.3 is 0 Å². The molecule has 0 saturated heterocycles. The van der Waals surface area contributed by atoms with Crippen molar-refractivity contribution >= 4 is 22.5 Å². The molecule has 0 bridgehead atoms. The highest BCUT2D eigenvalue weighted by Crippen LogP contribution is 2.34. The highest BCUT2D eigenvalue weighted by atomic mass is 35.5. The summed E-state index contributed by atoms with van der Waals surface area (Å²) in [5.41, 5.74) is 1.66. The highest BCUT2D eigenvalue weighted by Gasteiger charge is 2.10. The summed E-state index contributed by atoms with van der Waals surface area (Å²) in [5.74, 6) is 0.664. The van der Waals surface area contributed by atoms with E-state index in [0.29, 0.717) is 28.4 Å². The lowest BCUT2D eigenvalue weighted by molar-refractivity contribution is 0.309. The van der Waals surface area contributed by atoms with Gasteiger partial charge in [0, 0.05) is 6.07 Å². The Hall–Kier alpha value is -2.26. The maximum Gasteiger partial charge on any atom is 0.136 e. The Morgan fingerprint density at radius 1 is 1.05 bits per heavy atom. The van der Waals surface area contributed by atoms with Crippen LogP contribution in [0.2, 0.25) is 5.15 Å². The molecule has 3 aromatic rings. The first-order valence-electron chi connectivity index (χ1n) is 6.19. The number of halogens is 1. The molecule has 0 aliphatic carbocycles. The van der Waals surface area contributed by atoms with E-state index in [4.69, 9.17) is 16.3 Å². The number of phenolic OH excluding ortho intramolecular Hbond substituents is 1. The van der Waals surface area contributed by atoms with Gasteiger partial charge in [-0.2, -0.15) is 0 Å². The van der Waals surface area contributed by atoms with Crippen LogP contribution in [0.1, 0.15) is 5.56 Å². The number of benzene rings is 2. The molecule has 2 aromatic carbocycles. The predicted molar refractivity (Wildman–Crippen MR) is 79.2 cm³/mol. The molecule has 0 aliphatic heterocycles. The second-order valence-corrected chi connectivity index (χ2v) is 4.78. The van der Waals surface area contributed by atoms with Crippen LogP contribution in [0, 0.1) is 0 Å². The van der Waals surface area contributed by atoms with Crippen LogP contribution in [0.5, 0.6) is 11.5 Å². The van der Waals surface area contributed by atoms with Crippen LogP contribution in [0.4, 0.5) is 0 Å². The molecule has 3 nitrogen and oxygen atoms in total. The summed E-state index contributed by atoms with van der Waals surface area (Å²) in [5, 5.41) is 10.9. The molecule has 20 heavy (non-hydrogen) atoms. The molecule has 0 atom stereocenters. The van der Waals surface area contributed by atoms with E-state index in [1.807, 2.05) is 30.3 Å². The van der Waals surface area contributed by atoms with Gasteiger partial charge in [-0.15, -0.1) is 0 Å². The average molecular weight is 286 g/mol. The summed E-state index contributed by atoms with van der Waals surface area (Å²) in [6, 6.07) is 16.5. The molecular weight excluding hydrogens is 274 g/mol. The topological polar surface area (TPSA) is 42.4 Å². The van der Waals surface area contributed by atoms with Crippen molar-refractivity contribution in [3.63, 3.8) is 0 Å². The second-order valence-electron chi connectivity index (χ2n) is 4.39. The largest absolute Gasteiger partial charge is 0.507 e. The number of nitrogens with zero attached hydrogens (tertiary/aromatic N) is 1. The lowest BCUT2D eigenvalue weighted by Gasteiger charge is -2.10. The molecule has 1 heterocycles. The molecule has 1 N–H and O–H groups in total. The number of aromatic hydroxyl groups is 1. The Kier molecular flexibility index (Phi) is 3.44. The van der Waals surface area contributed by atoms with Gasteiger partial charge in [0.2, 0.25) is 0 Å². The van der Waals surface area contributed by atoms with Crippen molar-refractivity contribution in [2.75, 3.05) is 0 Å². The van der Waals surface area contributed by atoms with Crippen molar-refractivity contribution in [3.8, 4) is 11.5 Å². The summed E-state index contributed by atoms with van der Waals surface area (Å²) in [6.07, 6.45) is 0. The molecule has 1 aromatic heterocycles. The first-order chi connectivity index (χ1) is 9.74. The van der Waals surface area contributed by atoms with Gasteiger partial charge in [0.25, 0.3) is 0 Å². The monoisotopic (exact) mass is 285 g/mol. The van der Waals surface area contributed by atoms with Crippen LogP contribution in [0.15, 0.2) is 54.6 Å². The molecular formula is C16H12ClNO2. The zero-order chi connectivity index (χ0) is 13.9. The number of aromatic nitrogens is 1. The normalized spacial score (nSPS) is 10.7. The number of pyridine rings is 1. The Labute approximate surface area is 121 Å². The molecule has 0 amide bonds. The summed E-state index contributed by atoms with van der Waals surface area (Å²) < 4.78 is 5.78. The van der Waals surface area contributed by atoms with E-state index >= 15 is 0 Å². The van der Waals surface area contributed by atoms with E-state index in [0.717, 1.165) is 5.56 Å². The molecule has 0 spiro atoms. The average Bonchev–Trinajstić information content (AvgIpc) is 2.45. The van der Waals surface area contributed by atoms with Crippen LogP contribution in [-0.2, 0) is 6.61 Å². The van der Waals surface area contributed by atoms with Gasteiger partial charge < -0.3 is 9.84 Å². The molecule has 3 rings (SSSR count). The lowest BCUT2D eigenvalue weighted by atomic mass is 10.2. The second kappa shape index (κ2) is 5.39. The first-order valence-corrected chi connectivity index (χ1v) is 6.57. The molecule has 100 valence electrons. The maximum atomic E-state index is 9.98. The van der Waals surface area contributed by atoms with Crippen molar-refractivity contribution in [1.82, 2.24) is 4.98 Å². The van der Waals surface area contributed by atoms with Gasteiger partial charge in [-0.1, -0.05) is 48.0 Å². The predicted octanol–water partition coefficient (Wildman–Crippen LogP) is 4.17. The van der Waals surface area contributed by atoms with Crippen LogP contribution in [-0.4, -0.2) is 10.1 Å². The Balaban J connectivity index is 1.98. The highest BCUT2D eigenvalue weighted by molar-refractivity contribution is 6.30. The van der Waals surface area contributed by atoms with Gasteiger partial charge in [0.1, 0.15) is 23.3 Å². The molecule has 0 unspecified atom stereocenters. The minimum atomic E-state index is 0.134. The van der Waals surface area contributed by atoms with E-state index < -0.39 is 0 Å².